The molecule has 1 fully saturated rings. The normalized spacial score (nSPS) is 23.1. The Morgan fingerprint density at radius 2 is 1.95 bits per heavy atom. The summed E-state index contributed by atoms with van der Waals surface area (Å²) in [5.74, 6) is -0.146. The first kappa shape index (κ1) is 15.0. The highest BCUT2D eigenvalue weighted by Crippen LogP contribution is 2.17. The smallest absolute Gasteiger partial charge is 0.246 e. The van der Waals surface area contributed by atoms with Gasteiger partial charge < -0.3 is 15.2 Å². The van der Waals surface area contributed by atoms with Gasteiger partial charge in [0.2, 0.25) is 5.91 Å². The fourth-order valence-electron chi connectivity index (χ4n) is 2.54. The number of hydrogen-bond acceptors (Lipinski definition) is 3. The number of nitrogens with one attached hydrogen (secondary N) is 1. The van der Waals surface area contributed by atoms with Crippen LogP contribution in [-0.4, -0.2) is 29.8 Å². The van der Waals surface area contributed by atoms with Crippen LogP contribution < -0.4 is 5.32 Å². The molecule has 1 aliphatic rings. The molecular formula is C16H23NO3. The van der Waals surface area contributed by atoms with E-state index in [0.717, 1.165) is 37.7 Å². The van der Waals surface area contributed by atoms with E-state index in [1.807, 2.05) is 30.3 Å². The van der Waals surface area contributed by atoms with Crippen LogP contribution in [0.25, 0.3) is 0 Å². The minimum Gasteiger partial charge on any atom is -0.391 e. The lowest BCUT2D eigenvalue weighted by Gasteiger charge is -2.21. The molecule has 20 heavy (non-hydrogen) atoms. The van der Waals surface area contributed by atoms with Crippen LogP contribution in [0.4, 0.5) is 0 Å². The Labute approximate surface area is 120 Å². The van der Waals surface area contributed by atoms with Crippen LogP contribution >= 0.6 is 0 Å². The Hall–Kier alpha value is -1.39. The molecule has 0 bridgehead atoms. The summed E-state index contributed by atoms with van der Waals surface area (Å²) in [7, 11) is 0. The zero-order chi connectivity index (χ0) is 14.2. The molecule has 1 aromatic rings. The molecule has 2 N–H and O–H groups in total. The molecule has 0 spiro atoms. The van der Waals surface area contributed by atoms with Crippen molar-refractivity contribution < 1.29 is 14.6 Å². The number of carbonyl (C=O) groups excluding carboxylic acids is 1. The summed E-state index contributed by atoms with van der Waals surface area (Å²) in [6.45, 7) is 0.472. The number of aliphatic hydroxyl groups is 1. The zero-order valence-electron chi connectivity index (χ0n) is 11.8. The van der Waals surface area contributed by atoms with Gasteiger partial charge in [0.1, 0.15) is 6.61 Å². The molecule has 2 rings (SSSR count). The van der Waals surface area contributed by atoms with Crippen LogP contribution in [0.1, 0.15) is 37.7 Å². The summed E-state index contributed by atoms with van der Waals surface area (Å²) >= 11 is 0. The average Bonchev–Trinajstić information content (AvgIpc) is 2.65. The van der Waals surface area contributed by atoms with E-state index in [1.54, 1.807) is 0 Å². The first-order valence-corrected chi connectivity index (χ1v) is 7.35. The van der Waals surface area contributed by atoms with E-state index in [4.69, 9.17) is 4.74 Å². The second kappa shape index (κ2) is 8.02. The summed E-state index contributed by atoms with van der Waals surface area (Å²) in [4.78, 5) is 11.8. The molecule has 0 radical (unpaired) electrons. The van der Waals surface area contributed by atoms with Crippen molar-refractivity contribution in [3.05, 3.63) is 35.9 Å². The van der Waals surface area contributed by atoms with E-state index in [-0.39, 0.29) is 18.6 Å². The minimum absolute atomic E-state index is 0.0398. The van der Waals surface area contributed by atoms with Gasteiger partial charge in [0, 0.05) is 0 Å². The third-order valence-electron chi connectivity index (χ3n) is 3.67. The van der Waals surface area contributed by atoms with Gasteiger partial charge in [-0.2, -0.15) is 0 Å². The van der Waals surface area contributed by atoms with Crippen LogP contribution in [0.15, 0.2) is 30.3 Å². The van der Waals surface area contributed by atoms with Crippen molar-refractivity contribution in [1.29, 1.82) is 0 Å². The predicted molar refractivity (Wildman–Crippen MR) is 77.1 cm³/mol. The van der Waals surface area contributed by atoms with Crippen LogP contribution in [0.5, 0.6) is 0 Å². The second-order valence-corrected chi connectivity index (χ2v) is 5.36. The van der Waals surface area contributed by atoms with Gasteiger partial charge in [-0.05, 0) is 18.4 Å². The fourth-order valence-corrected chi connectivity index (χ4v) is 2.54. The van der Waals surface area contributed by atoms with Crippen molar-refractivity contribution >= 4 is 5.91 Å². The average molecular weight is 277 g/mol. The summed E-state index contributed by atoms with van der Waals surface area (Å²) < 4.78 is 5.40. The first-order chi connectivity index (χ1) is 9.75. The maximum Gasteiger partial charge on any atom is 0.246 e. The van der Waals surface area contributed by atoms with Gasteiger partial charge in [0.05, 0.1) is 18.8 Å². The lowest BCUT2D eigenvalue weighted by molar-refractivity contribution is -0.127. The Bertz CT molecular complexity index is 407. The number of benzene rings is 1. The van der Waals surface area contributed by atoms with Crippen molar-refractivity contribution in [1.82, 2.24) is 5.32 Å². The molecule has 4 nitrogen and oxygen atoms in total. The highest BCUT2D eigenvalue weighted by Gasteiger charge is 2.22. The van der Waals surface area contributed by atoms with Crippen LogP contribution in [0.3, 0.4) is 0 Å². The van der Waals surface area contributed by atoms with Gasteiger partial charge in [-0.15, -0.1) is 0 Å². The Balaban J connectivity index is 1.69. The van der Waals surface area contributed by atoms with Crippen molar-refractivity contribution in [3.63, 3.8) is 0 Å². The third kappa shape index (κ3) is 4.94. The lowest BCUT2D eigenvalue weighted by Crippen LogP contribution is -2.44. The number of amides is 1. The Morgan fingerprint density at radius 1 is 1.20 bits per heavy atom. The number of carbonyl (C=O) groups is 1. The van der Waals surface area contributed by atoms with Crippen LogP contribution in [0, 0.1) is 0 Å². The standard InChI is InChI=1S/C16H23NO3/c18-15-10-6-2-5-9-14(15)17-16(19)12-20-11-13-7-3-1-4-8-13/h1,3-4,7-8,14-15,18H,2,5-6,9-12H2,(H,17,19). The van der Waals surface area contributed by atoms with Crippen molar-refractivity contribution in [2.45, 2.75) is 50.9 Å². The topological polar surface area (TPSA) is 58.6 Å². The van der Waals surface area contributed by atoms with E-state index in [1.165, 1.54) is 0 Å². The van der Waals surface area contributed by atoms with Gasteiger partial charge in [-0.3, -0.25) is 4.79 Å². The predicted octanol–water partition coefficient (Wildman–Crippen LogP) is 2.01. The SMILES string of the molecule is O=C(COCc1ccccc1)NC1CCCCCC1O. The quantitative estimate of drug-likeness (QED) is 0.809. The van der Waals surface area contributed by atoms with E-state index >= 15 is 0 Å². The number of rotatable bonds is 5. The van der Waals surface area contributed by atoms with Crippen molar-refractivity contribution in [2.24, 2.45) is 0 Å². The van der Waals surface area contributed by atoms with E-state index in [0.29, 0.717) is 6.61 Å². The fraction of sp³-hybridized carbons (Fsp3) is 0.562. The molecule has 0 aliphatic heterocycles. The molecule has 1 aromatic carbocycles. The van der Waals surface area contributed by atoms with Crippen molar-refractivity contribution in [3.8, 4) is 0 Å². The molecule has 0 aromatic heterocycles. The van der Waals surface area contributed by atoms with Crippen LogP contribution in [-0.2, 0) is 16.1 Å². The largest absolute Gasteiger partial charge is 0.391 e. The molecule has 2 atom stereocenters. The highest BCUT2D eigenvalue weighted by molar-refractivity contribution is 5.77. The lowest BCUT2D eigenvalue weighted by atomic mass is 10.1. The summed E-state index contributed by atoms with van der Waals surface area (Å²) in [6.07, 6.45) is 4.44. The number of hydrogen-bond donors (Lipinski definition) is 2. The maximum absolute atomic E-state index is 11.8. The van der Waals surface area contributed by atoms with E-state index in [9.17, 15) is 9.90 Å². The molecule has 0 heterocycles. The third-order valence-corrected chi connectivity index (χ3v) is 3.67. The minimum atomic E-state index is -0.421. The number of ether oxygens (including phenoxy) is 1. The maximum atomic E-state index is 11.8. The highest BCUT2D eigenvalue weighted by atomic mass is 16.5. The zero-order valence-corrected chi connectivity index (χ0v) is 11.8. The molecule has 1 saturated carbocycles. The first-order valence-electron chi connectivity index (χ1n) is 7.35. The second-order valence-electron chi connectivity index (χ2n) is 5.36. The molecule has 4 heteroatoms. The molecule has 2 unspecified atom stereocenters. The van der Waals surface area contributed by atoms with Gasteiger partial charge in [-0.25, -0.2) is 0 Å². The van der Waals surface area contributed by atoms with E-state index in [2.05, 4.69) is 5.32 Å². The molecule has 0 saturated heterocycles. The molecule has 110 valence electrons. The number of aliphatic hydroxyl groups excluding tert-OH is 1. The summed E-state index contributed by atoms with van der Waals surface area (Å²) in [5, 5.41) is 12.8. The Morgan fingerprint density at radius 3 is 2.75 bits per heavy atom. The van der Waals surface area contributed by atoms with Gasteiger partial charge in [0.25, 0.3) is 0 Å². The summed E-state index contributed by atoms with van der Waals surface area (Å²) in [6, 6.07) is 9.65. The van der Waals surface area contributed by atoms with Gasteiger partial charge >= 0.3 is 0 Å². The summed E-state index contributed by atoms with van der Waals surface area (Å²) in [5.41, 5.74) is 1.05. The molecule has 1 amide bonds. The monoisotopic (exact) mass is 277 g/mol. The van der Waals surface area contributed by atoms with Crippen LogP contribution in [0.2, 0.25) is 0 Å². The van der Waals surface area contributed by atoms with Crippen molar-refractivity contribution in [2.75, 3.05) is 6.61 Å². The van der Waals surface area contributed by atoms with Gasteiger partial charge in [0.15, 0.2) is 0 Å². The molecular weight excluding hydrogens is 254 g/mol. The van der Waals surface area contributed by atoms with Gasteiger partial charge in [-0.1, -0.05) is 49.6 Å². The Kier molecular flexibility index (Phi) is 6.02. The van der Waals surface area contributed by atoms with E-state index < -0.39 is 6.10 Å². The molecule has 1 aliphatic carbocycles.